The van der Waals surface area contributed by atoms with Gasteiger partial charge in [0.2, 0.25) is 0 Å². The van der Waals surface area contributed by atoms with E-state index in [1.807, 2.05) is 0 Å². The lowest BCUT2D eigenvalue weighted by Gasteiger charge is -2.21. The lowest BCUT2D eigenvalue weighted by molar-refractivity contribution is -0.161. The molecule has 0 fully saturated rings. The van der Waals surface area contributed by atoms with E-state index in [1.165, 1.54) is 180 Å². The molecular formula is C75H146O17P2. The number of carbonyl (C=O) groups excluding carboxylic acids is 4. The van der Waals surface area contributed by atoms with Gasteiger partial charge in [-0.3, -0.25) is 37.3 Å². The molecule has 0 aliphatic rings. The minimum Gasteiger partial charge on any atom is -0.462 e. The van der Waals surface area contributed by atoms with Crippen LogP contribution in [0, 0.1) is 23.7 Å². The van der Waals surface area contributed by atoms with Gasteiger partial charge < -0.3 is 33.8 Å². The summed E-state index contributed by atoms with van der Waals surface area (Å²) in [6.07, 6.45) is 48.7. The quantitative estimate of drug-likeness (QED) is 0.0222. The first-order valence-corrected chi connectivity index (χ1v) is 41.7. The van der Waals surface area contributed by atoms with Gasteiger partial charge in [0.15, 0.2) is 12.2 Å². The summed E-state index contributed by atoms with van der Waals surface area (Å²) in [5.41, 5.74) is 0. The molecule has 0 saturated heterocycles. The van der Waals surface area contributed by atoms with Crippen molar-refractivity contribution < 1.29 is 80.2 Å². The molecule has 0 aromatic carbocycles. The van der Waals surface area contributed by atoms with Crippen LogP contribution in [0.1, 0.15) is 376 Å². The van der Waals surface area contributed by atoms with Crippen LogP contribution in [0.25, 0.3) is 0 Å². The molecule has 0 aromatic rings. The summed E-state index contributed by atoms with van der Waals surface area (Å²) in [6, 6.07) is 0. The first kappa shape index (κ1) is 92.1. The van der Waals surface area contributed by atoms with Crippen LogP contribution in [0.5, 0.6) is 0 Å². The summed E-state index contributed by atoms with van der Waals surface area (Å²) in [5.74, 6) is 0.892. The smallest absolute Gasteiger partial charge is 0.462 e. The summed E-state index contributed by atoms with van der Waals surface area (Å²) in [5, 5.41) is 10.6. The van der Waals surface area contributed by atoms with Crippen LogP contribution < -0.4 is 0 Å². The summed E-state index contributed by atoms with van der Waals surface area (Å²) in [4.78, 5) is 72.7. The number of phosphoric acid groups is 2. The van der Waals surface area contributed by atoms with Gasteiger partial charge in [0, 0.05) is 25.7 Å². The third-order valence-electron chi connectivity index (χ3n) is 17.3. The van der Waals surface area contributed by atoms with Crippen LogP contribution in [-0.4, -0.2) is 96.7 Å². The van der Waals surface area contributed by atoms with Gasteiger partial charge in [0.1, 0.15) is 19.3 Å². The molecule has 0 aliphatic heterocycles. The standard InChI is InChI=1S/C75H146O17P2/c1-65(2)51-43-35-27-19-15-13-11-9-10-12-14-16-22-33-41-49-57-74(79)91-70(61-85-72(77)55-47-39-31-23-17-20-28-36-44-52-66(3)4)63-89-93(81,82)87-59-69(76)60-88-94(83,84)90-64-71(62-86-73(78)56-48-40-32-26-25-30-38-46-54-68(7)8)92-75(80)58-50-42-34-24-18-21-29-37-45-53-67(5)6/h65-71,76H,9-64H2,1-8H3,(H,81,82)(H,83,84)/t69?,70-,71-/m1/s1. The van der Waals surface area contributed by atoms with Gasteiger partial charge in [-0.25, -0.2) is 9.13 Å². The Balaban J connectivity index is 5.23. The molecule has 0 bridgehead atoms. The summed E-state index contributed by atoms with van der Waals surface area (Å²) < 4.78 is 68.5. The normalized spacial score (nSPS) is 14.2. The number of aliphatic hydroxyl groups is 1. The molecule has 17 nitrogen and oxygen atoms in total. The monoisotopic (exact) mass is 1380 g/mol. The third kappa shape index (κ3) is 68.6. The molecule has 3 N–H and O–H groups in total. The fourth-order valence-corrected chi connectivity index (χ4v) is 13.0. The number of rotatable bonds is 72. The predicted octanol–water partition coefficient (Wildman–Crippen LogP) is 21.7. The van der Waals surface area contributed by atoms with E-state index in [2.05, 4.69) is 55.4 Å². The number of hydrogen-bond acceptors (Lipinski definition) is 15. The van der Waals surface area contributed by atoms with Crippen molar-refractivity contribution in [1.29, 1.82) is 0 Å². The Morgan fingerprint density at radius 1 is 0.266 bits per heavy atom. The molecule has 19 heteroatoms. The molecule has 0 radical (unpaired) electrons. The molecule has 0 amide bonds. The van der Waals surface area contributed by atoms with Gasteiger partial charge in [0.05, 0.1) is 26.4 Å². The zero-order valence-electron chi connectivity index (χ0n) is 61.6. The second-order valence-corrected chi connectivity index (χ2v) is 31.9. The average molecular weight is 1380 g/mol. The van der Waals surface area contributed by atoms with E-state index in [4.69, 9.17) is 37.0 Å². The van der Waals surface area contributed by atoms with Crippen molar-refractivity contribution in [2.75, 3.05) is 39.6 Å². The Hall–Kier alpha value is -1.94. The molecule has 0 spiro atoms. The lowest BCUT2D eigenvalue weighted by atomic mass is 10.0. The molecule has 5 atom stereocenters. The van der Waals surface area contributed by atoms with Gasteiger partial charge >= 0.3 is 39.5 Å². The van der Waals surface area contributed by atoms with E-state index in [-0.39, 0.29) is 25.7 Å². The van der Waals surface area contributed by atoms with Gasteiger partial charge in [0.25, 0.3) is 0 Å². The number of hydrogen-bond donors (Lipinski definition) is 3. The maximum atomic E-state index is 13.1. The SMILES string of the molecule is CC(C)CCCCCCCCCCCCCCCCCCC(=O)O[C@H](COC(=O)CCCCCCCCCCCC(C)C)COP(=O)(O)OCC(O)COP(=O)(O)OC[C@@H](COC(=O)CCCCCCCCCCC(C)C)OC(=O)CCCCCCCCCCCC(C)C. The van der Waals surface area contributed by atoms with E-state index in [1.54, 1.807) is 0 Å². The second-order valence-electron chi connectivity index (χ2n) is 28.9. The Morgan fingerprint density at radius 2 is 0.447 bits per heavy atom. The van der Waals surface area contributed by atoms with E-state index < -0.39 is 97.5 Å². The Kier molecular flexibility index (Phi) is 63.1. The van der Waals surface area contributed by atoms with Crippen molar-refractivity contribution in [3.8, 4) is 0 Å². The number of phosphoric ester groups is 2. The molecule has 0 rings (SSSR count). The molecule has 0 aliphatic carbocycles. The summed E-state index contributed by atoms with van der Waals surface area (Å²) in [6.45, 7) is 14.1. The van der Waals surface area contributed by atoms with Crippen LogP contribution in [0.2, 0.25) is 0 Å². The van der Waals surface area contributed by atoms with Gasteiger partial charge in [-0.1, -0.05) is 325 Å². The molecule has 0 saturated carbocycles. The van der Waals surface area contributed by atoms with E-state index in [0.29, 0.717) is 25.7 Å². The molecule has 0 heterocycles. The van der Waals surface area contributed by atoms with Crippen LogP contribution >= 0.6 is 15.6 Å². The number of aliphatic hydroxyl groups excluding tert-OH is 1. The fourth-order valence-electron chi connectivity index (χ4n) is 11.4. The molecule has 558 valence electrons. The minimum atomic E-state index is -4.96. The van der Waals surface area contributed by atoms with Gasteiger partial charge in [-0.15, -0.1) is 0 Å². The van der Waals surface area contributed by atoms with Crippen molar-refractivity contribution in [3.63, 3.8) is 0 Å². The summed E-state index contributed by atoms with van der Waals surface area (Å²) in [7, 11) is -9.91. The second kappa shape index (κ2) is 64.4. The predicted molar refractivity (Wildman–Crippen MR) is 381 cm³/mol. The number of esters is 4. The maximum Gasteiger partial charge on any atom is 0.472 e. The molecule has 0 aromatic heterocycles. The molecule has 3 unspecified atom stereocenters. The van der Waals surface area contributed by atoms with Crippen molar-refractivity contribution in [1.82, 2.24) is 0 Å². The van der Waals surface area contributed by atoms with Crippen molar-refractivity contribution in [2.24, 2.45) is 23.7 Å². The fraction of sp³-hybridized carbons (Fsp3) is 0.947. The summed E-state index contributed by atoms with van der Waals surface area (Å²) >= 11 is 0. The van der Waals surface area contributed by atoms with Gasteiger partial charge in [-0.05, 0) is 49.4 Å². The number of ether oxygens (including phenoxy) is 4. The highest BCUT2D eigenvalue weighted by Gasteiger charge is 2.30. The minimum absolute atomic E-state index is 0.104. The largest absolute Gasteiger partial charge is 0.472 e. The Morgan fingerprint density at radius 3 is 0.660 bits per heavy atom. The maximum absolute atomic E-state index is 13.1. The van der Waals surface area contributed by atoms with Crippen molar-refractivity contribution in [2.45, 2.75) is 395 Å². The van der Waals surface area contributed by atoms with Crippen LogP contribution in [-0.2, 0) is 65.4 Å². The zero-order valence-corrected chi connectivity index (χ0v) is 63.4. The van der Waals surface area contributed by atoms with E-state index in [9.17, 15) is 43.2 Å². The lowest BCUT2D eigenvalue weighted by Crippen LogP contribution is -2.30. The van der Waals surface area contributed by atoms with Crippen molar-refractivity contribution in [3.05, 3.63) is 0 Å². The van der Waals surface area contributed by atoms with Crippen LogP contribution in [0.15, 0.2) is 0 Å². The zero-order chi connectivity index (χ0) is 69.6. The topological polar surface area (TPSA) is 237 Å². The van der Waals surface area contributed by atoms with Crippen LogP contribution in [0.4, 0.5) is 0 Å². The highest BCUT2D eigenvalue weighted by Crippen LogP contribution is 2.45. The number of carbonyl (C=O) groups is 4. The molecule has 94 heavy (non-hydrogen) atoms. The molecular weight excluding hydrogens is 1230 g/mol. The number of unbranched alkanes of at least 4 members (excludes halogenated alkanes) is 38. The van der Waals surface area contributed by atoms with E-state index >= 15 is 0 Å². The van der Waals surface area contributed by atoms with Crippen molar-refractivity contribution >= 4 is 39.5 Å². The van der Waals surface area contributed by atoms with Crippen LogP contribution in [0.3, 0.4) is 0 Å². The first-order chi connectivity index (χ1) is 45.1. The third-order valence-corrected chi connectivity index (χ3v) is 19.2. The van der Waals surface area contributed by atoms with E-state index in [0.717, 1.165) is 114 Å². The highest BCUT2D eigenvalue weighted by atomic mass is 31.2. The average Bonchev–Trinajstić information content (AvgIpc) is 1.36. The van der Waals surface area contributed by atoms with Gasteiger partial charge in [-0.2, -0.15) is 0 Å². The first-order valence-electron chi connectivity index (χ1n) is 38.7. The Bertz CT molecular complexity index is 1850. The highest BCUT2D eigenvalue weighted by molar-refractivity contribution is 7.47. The Labute approximate surface area is 575 Å².